The first-order valence-electron chi connectivity index (χ1n) is 10.8. The molecule has 2 atom stereocenters. The van der Waals surface area contributed by atoms with Gasteiger partial charge in [-0.2, -0.15) is 0 Å². The summed E-state index contributed by atoms with van der Waals surface area (Å²) in [6.45, 7) is 9.29. The van der Waals surface area contributed by atoms with Crippen LogP contribution in [0.1, 0.15) is 46.6 Å². The summed E-state index contributed by atoms with van der Waals surface area (Å²) in [4.78, 5) is 30.1. The molecule has 2 aromatic rings. The standard InChI is InChI=1S/C24H30N4O4S/c1-6-15(2)20(27-21-18-12-7-8-13-19(18)33(31,32)28-21)22(29)25-16-10-9-11-17(14-16)26-23(30)24(3,4)5/h7-15,20H,6H2,1-5H3,(H,25,29)(H,26,30)(H,27,28)/t15-,20-/m0/s1. The molecule has 176 valence electrons. The van der Waals surface area contributed by atoms with Crippen LogP contribution in [0.2, 0.25) is 0 Å². The van der Waals surface area contributed by atoms with Crippen LogP contribution in [0.5, 0.6) is 0 Å². The Kier molecular flexibility index (Phi) is 6.92. The van der Waals surface area contributed by atoms with Crippen LogP contribution in [0.25, 0.3) is 0 Å². The fraction of sp³-hybridized carbons (Fsp3) is 0.375. The Morgan fingerprint density at radius 1 is 1.03 bits per heavy atom. The van der Waals surface area contributed by atoms with Crippen LogP contribution in [0.4, 0.5) is 11.4 Å². The van der Waals surface area contributed by atoms with Crippen molar-refractivity contribution in [2.24, 2.45) is 16.3 Å². The van der Waals surface area contributed by atoms with Crippen molar-refractivity contribution in [3.8, 4) is 0 Å². The van der Waals surface area contributed by atoms with E-state index in [1.54, 1.807) is 42.5 Å². The summed E-state index contributed by atoms with van der Waals surface area (Å²) < 4.78 is 27.3. The van der Waals surface area contributed by atoms with Gasteiger partial charge in [0, 0.05) is 22.4 Å². The van der Waals surface area contributed by atoms with Crippen molar-refractivity contribution in [2.45, 2.75) is 52.0 Å². The second kappa shape index (κ2) is 9.35. The molecule has 3 rings (SSSR count). The average Bonchev–Trinajstić information content (AvgIpc) is 3.01. The second-order valence-electron chi connectivity index (χ2n) is 9.18. The number of hydrogen-bond acceptors (Lipinski definition) is 5. The minimum absolute atomic E-state index is 0.137. The van der Waals surface area contributed by atoms with Crippen molar-refractivity contribution in [3.63, 3.8) is 0 Å². The molecule has 0 unspecified atom stereocenters. The van der Waals surface area contributed by atoms with Gasteiger partial charge in [0.2, 0.25) is 11.8 Å². The number of hydrogen-bond donors (Lipinski definition) is 3. The molecular formula is C24H30N4O4S. The minimum Gasteiger partial charge on any atom is -0.326 e. The van der Waals surface area contributed by atoms with Gasteiger partial charge in [0.05, 0.1) is 4.90 Å². The number of sulfonamides is 1. The van der Waals surface area contributed by atoms with Crippen molar-refractivity contribution >= 4 is 39.0 Å². The highest BCUT2D eigenvalue weighted by Crippen LogP contribution is 2.25. The number of carbonyl (C=O) groups excluding carboxylic acids is 2. The molecule has 0 saturated carbocycles. The molecule has 2 aromatic carbocycles. The molecule has 8 nitrogen and oxygen atoms in total. The topological polar surface area (TPSA) is 117 Å². The summed E-state index contributed by atoms with van der Waals surface area (Å²) in [7, 11) is -3.70. The third-order valence-electron chi connectivity index (χ3n) is 5.45. The van der Waals surface area contributed by atoms with E-state index in [0.717, 1.165) is 0 Å². The molecule has 1 aliphatic rings. The van der Waals surface area contributed by atoms with Crippen LogP contribution in [-0.4, -0.2) is 32.1 Å². The molecule has 33 heavy (non-hydrogen) atoms. The van der Waals surface area contributed by atoms with Gasteiger partial charge in [-0.3, -0.25) is 19.3 Å². The molecule has 0 fully saturated rings. The van der Waals surface area contributed by atoms with Gasteiger partial charge >= 0.3 is 0 Å². The maximum absolute atomic E-state index is 13.2. The lowest BCUT2D eigenvalue weighted by Gasteiger charge is -2.20. The molecule has 1 heterocycles. The van der Waals surface area contributed by atoms with Crippen molar-refractivity contribution in [3.05, 3.63) is 54.1 Å². The third kappa shape index (κ3) is 5.60. The maximum atomic E-state index is 13.2. The number of nitrogens with one attached hydrogen (secondary N) is 3. The van der Waals surface area contributed by atoms with Gasteiger partial charge in [0.15, 0.2) is 0 Å². The van der Waals surface area contributed by atoms with E-state index in [0.29, 0.717) is 23.4 Å². The summed E-state index contributed by atoms with van der Waals surface area (Å²) in [5.74, 6) is -0.474. The molecule has 0 radical (unpaired) electrons. The van der Waals surface area contributed by atoms with Crippen LogP contribution in [0.3, 0.4) is 0 Å². The molecule has 0 saturated heterocycles. The lowest BCUT2D eigenvalue weighted by Crippen LogP contribution is -2.35. The zero-order chi connectivity index (χ0) is 24.4. The van der Waals surface area contributed by atoms with Gasteiger partial charge in [0.25, 0.3) is 10.0 Å². The summed E-state index contributed by atoms with van der Waals surface area (Å²) in [6, 6.07) is 12.6. The monoisotopic (exact) mass is 470 g/mol. The van der Waals surface area contributed by atoms with Crippen molar-refractivity contribution < 1.29 is 18.0 Å². The van der Waals surface area contributed by atoms with E-state index in [-0.39, 0.29) is 28.5 Å². The zero-order valence-electron chi connectivity index (χ0n) is 19.5. The fourth-order valence-electron chi connectivity index (χ4n) is 3.25. The minimum atomic E-state index is -3.70. The van der Waals surface area contributed by atoms with Crippen LogP contribution >= 0.6 is 0 Å². The van der Waals surface area contributed by atoms with E-state index in [4.69, 9.17) is 0 Å². The first kappa shape index (κ1) is 24.4. The van der Waals surface area contributed by atoms with Crippen LogP contribution < -0.4 is 15.4 Å². The Hall–Kier alpha value is -3.20. The van der Waals surface area contributed by atoms with E-state index in [2.05, 4.69) is 20.3 Å². The number of fused-ring (bicyclic) bond motifs is 1. The molecule has 0 aliphatic carbocycles. The Morgan fingerprint density at radius 2 is 1.67 bits per heavy atom. The summed E-state index contributed by atoms with van der Waals surface area (Å²) >= 11 is 0. The van der Waals surface area contributed by atoms with Gasteiger partial charge in [-0.05, 0) is 36.2 Å². The van der Waals surface area contributed by atoms with Gasteiger partial charge in [-0.25, -0.2) is 8.42 Å². The maximum Gasteiger partial charge on any atom is 0.263 e. The number of anilines is 2. The number of amidine groups is 1. The van der Waals surface area contributed by atoms with Crippen molar-refractivity contribution in [1.29, 1.82) is 0 Å². The zero-order valence-corrected chi connectivity index (χ0v) is 20.3. The lowest BCUT2D eigenvalue weighted by molar-refractivity contribution is -0.123. The Bertz CT molecular complexity index is 1200. The number of benzene rings is 2. The fourth-order valence-corrected chi connectivity index (χ4v) is 4.48. The Morgan fingerprint density at radius 3 is 2.30 bits per heavy atom. The SMILES string of the molecule is CC[C@H](C)[C@H](N=C1NS(=O)(=O)c2ccccc21)C(=O)Nc1cccc(NC(=O)C(C)(C)C)c1. The molecule has 3 N–H and O–H groups in total. The second-order valence-corrected chi connectivity index (χ2v) is 10.8. The highest BCUT2D eigenvalue weighted by Gasteiger charge is 2.33. The molecule has 0 bridgehead atoms. The third-order valence-corrected chi connectivity index (χ3v) is 6.85. The largest absolute Gasteiger partial charge is 0.326 e. The van der Waals surface area contributed by atoms with E-state index >= 15 is 0 Å². The Labute approximate surface area is 194 Å². The van der Waals surface area contributed by atoms with Gasteiger partial charge in [-0.1, -0.05) is 59.2 Å². The van der Waals surface area contributed by atoms with Gasteiger partial charge in [-0.15, -0.1) is 0 Å². The van der Waals surface area contributed by atoms with Crippen LogP contribution in [0, 0.1) is 11.3 Å². The molecule has 2 amide bonds. The van der Waals surface area contributed by atoms with Crippen molar-refractivity contribution in [1.82, 2.24) is 4.72 Å². The number of amides is 2. The molecular weight excluding hydrogens is 440 g/mol. The van der Waals surface area contributed by atoms with E-state index in [1.807, 2.05) is 34.6 Å². The summed E-state index contributed by atoms with van der Waals surface area (Å²) in [6.07, 6.45) is 0.672. The Balaban J connectivity index is 1.86. The first-order valence-corrected chi connectivity index (χ1v) is 12.3. The molecule has 0 aromatic heterocycles. The van der Waals surface area contributed by atoms with E-state index in [1.165, 1.54) is 6.07 Å². The van der Waals surface area contributed by atoms with Crippen LogP contribution in [0.15, 0.2) is 58.4 Å². The van der Waals surface area contributed by atoms with Gasteiger partial charge in [0.1, 0.15) is 11.9 Å². The quantitative estimate of drug-likeness (QED) is 0.596. The normalized spacial score (nSPS) is 17.5. The highest BCUT2D eigenvalue weighted by molar-refractivity contribution is 7.90. The summed E-state index contributed by atoms with van der Waals surface area (Å²) in [5.41, 5.74) is 0.969. The number of rotatable bonds is 6. The summed E-state index contributed by atoms with van der Waals surface area (Å²) in [5, 5.41) is 5.70. The van der Waals surface area contributed by atoms with E-state index < -0.39 is 21.5 Å². The smallest absolute Gasteiger partial charge is 0.263 e. The van der Waals surface area contributed by atoms with E-state index in [9.17, 15) is 18.0 Å². The average molecular weight is 471 g/mol. The van der Waals surface area contributed by atoms with Crippen molar-refractivity contribution in [2.75, 3.05) is 10.6 Å². The predicted molar refractivity (Wildman–Crippen MR) is 130 cm³/mol. The molecule has 0 spiro atoms. The predicted octanol–water partition coefficient (Wildman–Crippen LogP) is 3.76. The first-order chi connectivity index (χ1) is 15.4. The molecule has 9 heteroatoms. The number of carbonyl (C=O) groups is 2. The lowest BCUT2D eigenvalue weighted by atomic mass is 9.95. The highest BCUT2D eigenvalue weighted by atomic mass is 32.2. The number of nitrogens with zero attached hydrogens (tertiary/aromatic N) is 1. The van der Waals surface area contributed by atoms with Gasteiger partial charge < -0.3 is 10.6 Å². The number of aliphatic imine (C=N–C) groups is 1. The molecule has 1 aliphatic heterocycles. The van der Waals surface area contributed by atoms with Crippen LogP contribution in [-0.2, 0) is 19.6 Å².